The lowest BCUT2D eigenvalue weighted by molar-refractivity contribution is 0.302. The highest BCUT2D eigenvalue weighted by Crippen LogP contribution is 2.23. The van der Waals surface area contributed by atoms with Crippen molar-refractivity contribution in [3.63, 3.8) is 0 Å². The van der Waals surface area contributed by atoms with E-state index < -0.39 is 0 Å². The highest BCUT2D eigenvalue weighted by Gasteiger charge is 2.03. The average molecular weight is 229 g/mol. The normalized spacial score (nSPS) is 9.65. The van der Waals surface area contributed by atoms with Crippen LogP contribution in [0.15, 0.2) is 41.2 Å². The third-order valence-corrected chi connectivity index (χ3v) is 2.23. The van der Waals surface area contributed by atoms with Gasteiger partial charge in [-0.15, -0.1) is 0 Å². The predicted octanol–water partition coefficient (Wildman–Crippen LogP) is 2.74. The Morgan fingerprint density at radius 2 is 2.12 bits per heavy atom. The topological polar surface area (TPSA) is 55.4 Å². The molecule has 0 spiro atoms. The van der Waals surface area contributed by atoms with Gasteiger partial charge in [0, 0.05) is 11.6 Å². The minimum absolute atomic E-state index is 0.397. The zero-order valence-electron chi connectivity index (χ0n) is 9.34. The summed E-state index contributed by atoms with van der Waals surface area (Å²) >= 11 is 0. The number of ether oxygens (including phenoxy) is 2. The summed E-state index contributed by atoms with van der Waals surface area (Å²) in [6, 6.07) is 8.95. The Balaban J connectivity index is 2.12. The van der Waals surface area contributed by atoms with Gasteiger partial charge in [-0.3, -0.25) is 0 Å². The highest BCUT2D eigenvalue weighted by molar-refractivity contribution is 5.43. The van der Waals surface area contributed by atoms with Crippen LogP contribution in [0.3, 0.4) is 0 Å². The monoisotopic (exact) mass is 229 g/mol. The molecule has 1 aromatic heterocycles. The fourth-order valence-corrected chi connectivity index (χ4v) is 1.38. The van der Waals surface area contributed by atoms with Gasteiger partial charge in [0.1, 0.15) is 18.1 Å². The first-order valence-electron chi connectivity index (χ1n) is 5.05. The predicted molar refractivity (Wildman–Crippen MR) is 60.7 cm³/mol. The summed E-state index contributed by atoms with van der Waals surface area (Å²) in [6.07, 6.45) is 3.20. The maximum Gasteiger partial charge on any atom is 0.124 e. The molecule has 0 N–H and O–H groups in total. The second-order valence-corrected chi connectivity index (χ2v) is 3.43. The van der Waals surface area contributed by atoms with Crippen LogP contribution in [-0.4, -0.2) is 7.11 Å². The molecule has 17 heavy (non-hydrogen) atoms. The number of furan rings is 1. The van der Waals surface area contributed by atoms with Crippen LogP contribution in [0.4, 0.5) is 0 Å². The molecule has 0 saturated heterocycles. The molecule has 0 radical (unpaired) electrons. The van der Waals surface area contributed by atoms with Gasteiger partial charge in [-0.2, -0.15) is 5.26 Å². The van der Waals surface area contributed by atoms with Crippen LogP contribution in [-0.2, 0) is 6.61 Å². The summed E-state index contributed by atoms with van der Waals surface area (Å²) < 4.78 is 15.6. The smallest absolute Gasteiger partial charge is 0.124 e. The first-order valence-corrected chi connectivity index (χ1v) is 5.05. The van der Waals surface area contributed by atoms with Crippen molar-refractivity contribution < 1.29 is 13.9 Å². The molecule has 86 valence electrons. The zero-order valence-corrected chi connectivity index (χ0v) is 9.34. The van der Waals surface area contributed by atoms with Crippen molar-refractivity contribution in [2.24, 2.45) is 0 Å². The Labute approximate surface area is 99.0 Å². The summed E-state index contributed by atoms with van der Waals surface area (Å²) in [5.41, 5.74) is 1.44. The van der Waals surface area contributed by atoms with Gasteiger partial charge in [-0.1, -0.05) is 0 Å². The van der Waals surface area contributed by atoms with E-state index in [-0.39, 0.29) is 0 Å². The van der Waals surface area contributed by atoms with Crippen LogP contribution >= 0.6 is 0 Å². The Kier molecular flexibility index (Phi) is 3.31. The van der Waals surface area contributed by atoms with Crippen molar-refractivity contribution in [1.82, 2.24) is 0 Å². The minimum atomic E-state index is 0.397. The van der Waals surface area contributed by atoms with Gasteiger partial charge in [0.05, 0.1) is 31.3 Å². The molecular formula is C13H11NO3. The summed E-state index contributed by atoms with van der Waals surface area (Å²) in [4.78, 5) is 0. The Hall–Kier alpha value is -2.41. The van der Waals surface area contributed by atoms with E-state index >= 15 is 0 Å². The van der Waals surface area contributed by atoms with Gasteiger partial charge in [0.25, 0.3) is 0 Å². The van der Waals surface area contributed by atoms with Crippen LogP contribution in [0.25, 0.3) is 0 Å². The molecule has 4 nitrogen and oxygen atoms in total. The second-order valence-electron chi connectivity index (χ2n) is 3.43. The second kappa shape index (κ2) is 5.08. The fourth-order valence-electron chi connectivity index (χ4n) is 1.38. The number of hydrogen-bond donors (Lipinski definition) is 0. The Bertz CT molecular complexity index is 526. The molecule has 1 heterocycles. The van der Waals surface area contributed by atoms with Gasteiger partial charge in [-0.05, 0) is 18.2 Å². The van der Waals surface area contributed by atoms with Crippen molar-refractivity contribution in [2.45, 2.75) is 6.61 Å². The quantitative estimate of drug-likeness (QED) is 0.808. The minimum Gasteiger partial charge on any atom is -0.497 e. The molecule has 0 aliphatic heterocycles. The fraction of sp³-hybridized carbons (Fsp3) is 0.154. The molecule has 2 rings (SSSR count). The number of rotatable bonds is 4. The van der Waals surface area contributed by atoms with Gasteiger partial charge < -0.3 is 13.9 Å². The molecule has 0 aliphatic rings. The lowest BCUT2D eigenvalue weighted by atomic mass is 10.2. The zero-order chi connectivity index (χ0) is 12.1. The van der Waals surface area contributed by atoms with E-state index in [2.05, 4.69) is 6.07 Å². The molecule has 0 atom stereocenters. The van der Waals surface area contributed by atoms with Crippen LogP contribution in [0.2, 0.25) is 0 Å². The van der Waals surface area contributed by atoms with E-state index in [1.165, 1.54) is 0 Å². The van der Waals surface area contributed by atoms with E-state index in [9.17, 15) is 0 Å². The van der Waals surface area contributed by atoms with Crippen LogP contribution in [0, 0.1) is 11.3 Å². The lowest BCUT2D eigenvalue weighted by Crippen LogP contribution is -1.95. The third-order valence-electron chi connectivity index (χ3n) is 2.23. The molecule has 4 heteroatoms. The highest BCUT2D eigenvalue weighted by atomic mass is 16.5. The van der Waals surface area contributed by atoms with Crippen molar-refractivity contribution >= 4 is 0 Å². The van der Waals surface area contributed by atoms with E-state index in [0.717, 1.165) is 5.56 Å². The first-order chi connectivity index (χ1) is 8.31. The van der Waals surface area contributed by atoms with Gasteiger partial charge in [0.2, 0.25) is 0 Å². The summed E-state index contributed by atoms with van der Waals surface area (Å²) in [7, 11) is 1.55. The van der Waals surface area contributed by atoms with Crippen LogP contribution in [0.5, 0.6) is 11.5 Å². The molecule has 0 amide bonds. The number of hydrogen-bond acceptors (Lipinski definition) is 4. The molecule has 2 aromatic rings. The molecule has 0 bridgehead atoms. The van der Waals surface area contributed by atoms with Gasteiger partial charge in [0.15, 0.2) is 0 Å². The number of methoxy groups -OCH3 is 1. The number of nitriles is 1. The van der Waals surface area contributed by atoms with Crippen molar-refractivity contribution in [2.75, 3.05) is 7.11 Å². The van der Waals surface area contributed by atoms with Gasteiger partial charge in [-0.25, -0.2) is 0 Å². The number of benzene rings is 1. The Morgan fingerprint density at radius 3 is 2.76 bits per heavy atom. The van der Waals surface area contributed by atoms with Crippen molar-refractivity contribution in [3.05, 3.63) is 47.9 Å². The first kappa shape index (κ1) is 11.1. The SMILES string of the molecule is COc1cc(C#N)cc(OCc2ccoc2)c1. The average Bonchev–Trinajstić information content (AvgIpc) is 2.89. The largest absolute Gasteiger partial charge is 0.497 e. The van der Waals surface area contributed by atoms with E-state index in [1.807, 2.05) is 6.07 Å². The van der Waals surface area contributed by atoms with Crippen molar-refractivity contribution in [1.29, 1.82) is 5.26 Å². The van der Waals surface area contributed by atoms with E-state index in [0.29, 0.717) is 23.7 Å². The lowest BCUT2D eigenvalue weighted by Gasteiger charge is -2.07. The summed E-state index contributed by atoms with van der Waals surface area (Å²) in [6.45, 7) is 0.397. The molecule has 0 saturated carbocycles. The van der Waals surface area contributed by atoms with E-state index in [1.54, 1.807) is 37.8 Å². The summed E-state index contributed by atoms with van der Waals surface area (Å²) in [5.74, 6) is 1.20. The Morgan fingerprint density at radius 1 is 1.29 bits per heavy atom. The molecule has 0 unspecified atom stereocenters. The number of nitrogens with zero attached hydrogens (tertiary/aromatic N) is 1. The molecular weight excluding hydrogens is 218 g/mol. The maximum absolute atomic E-state index is 8.86. The van der Waals surface area contributed by atoms with Gasteiger partial charge >= 0.3 is 0 Å². The molecule has 1 aromatic carbocycles. The van der Waals surface area contributed by atoms with Crippen LogP contribution < -0.4 is 9.47 Å². The standard InChI is InChI=1S/C13H11NO3/c1-15-12-4-11(7-14)5-13(6-12)17-9-10-2-3-16-8-10/h2-6,8H,9H2,1H3. The summed E-state index contributed by atoms with van der Waals surface area (Å²) in [5, 5.41) is 8.86. The van der Waals surface area contributed by atoms with Crippen molar-refractivity contribution in [3.8, 4) is 17.6 Å². The molecule has 0 aliphatic carbocycles. The molecule has 0 fully saturated rings. The van der Waals surface area contributed by atoms with Crippen LogP contribution in [0.1, 0.15) is 11.1 Å². The maximum atomic E-state index is 8.86. The van der Waals surface area contributed by atoms with E-state index in [4.69, 9.17) is 19.2 Å². The third kappa shape index (κ3) is 2.79.